The van der Waals surface area contributed by atoms with Gasteiger partial charge in [0.05, 0.1) is 33.2 Å². The molecule has 2 amide bonds. The molecule has 2 aromatic heterocycles. The Balaban J connectivity index is 1.72. The molecule has 6 nitrogen and oxygen atoms in total. The van der Waals surface area contributed by atoms with E-state index in [9.17, 15) is 14.4 Å². The van der Waals surface area contributed by atoms with E-state index in [1.54, 1.807) is 55.0 Å². The lowest BCUT2D eigenvalue weighted by molar-refractivity contribution is -0.122. The van der Waals surface area contributed by atoms with Gasteiger partial charge in [-0.15, -0.1) is 22.7 Å². The van der Waals surface area contributed by atoms with Crippen LogP contribution in [-0.2, 0) is 4.79 Å². The van der Waals surface area contributed by atoms with Crippen LogP contribution in [0.1, 0.15) is 36.4 Å². The number of hydrogen-bond donors (Lipinski definition) is 1. The monoisotopic (exact) mass is 576 g/mol. The van der Waals surface area contributed by atoms with E-state index < -0.39 is 29.8 Å². The third-order valence-electron chi connectivity index (χ3n) is 6.86. The van der Waals surface area contributed by atoms with Crippen LogP contribution in [0.4, 0.5) is 0 Å². The molecule has 4 unspecified atom stereocenters. The second-order valence-corrected chi connectivity index (χ2v) is 11.8. The number of carbonyl (C=O) groups excluding carboxylic acids is 3. The van der Waals surface area contributed by atoms with Crippen molar-refractivity contribution in [3.05, 3.63) is 116 Å². The summed E-state index contributed by atoms with van der Waals surface area (Å²) in [5.74, 6) is -2.22. The molecular weight excluding hydrogens is 552 g/mol. The smallest absolute Gasteiger partial charge is 0.265 e. The second kappa shape index (κ2) is 11.6. The molecule has 3 heterocycles. The molecule has 198 valence electrons. The van der Waals surface area contributed by atoms with Crippen LogP contribution in [0.2, 0.25) is 4.34 Å². The fraction of sp³-hybridized carbons (Fsp3) is 0.167. The minimum Gasteiger partial charge on any atom is -0.497 e. The number of ketones is 1. The molecule has 1 saturated heterocycles. The van der Waals surface area contributed by atoms with Crippen molar-refractivity contribution in [2.45, 2.75) is 18.0 Å². The van der Waals surface area contributed by atoms with Gasteiger partial charge in [-0.25, -0.2) is 0 Å². The summed E-state index contributed by atoms with van der Waals surface area (Å²) in [5.41, 5.74) is 7.61. The Morgan fingerprint density at radius 3 is 2.41 bits per heavy atom. The van der Waals surface area contributed by atoms with Crippen LogP contribution in [0.5, 0.6) is 5.75 Å². The van der Waals surface area contributed by atoms with Crippen LogP contribution in [-0.4, -0.2) is 41.7 Å². The quantitative estimate of drug-likeness (QED) is 0.255. The number of nitrogens with zero attached hydrogens (tertiary/aromatic N) is 1. The fourth-order valence-electron chi connectivity index (χ4n) is 5.20. The number of hydrogen-bond acceptors (Lipinski definition) is 6. The molecule has 1 fully saturated rings. The summed E-state index contributed by atoms with van der Waals surface area (Å²) in [4.78, 5) is 43.8. The van der Waals surface area contributed by atoms with Gasteiger partial charge in [0, 0.05) is 5.92 Å². The first-order chi connectivity index (χ1) is 18.9. The Labute approximate surface area is 239 Å². The van der Waals surface area contributed by atoms with E-state index in [4.69, 9.17) is 22.1 Å². The zero-order chi connectivity index (χ0) is 27.5. The summed E-state index contributed by atoms with van der Waals surface area (Å²) >= 11 is 8.65. The molecule has 1 aliphatic heterocycles. The summed E-state index contributed by atoms with van der Waals surface area (Å²) < 4.78 is 5.93. The maximum absolute atomic E-state index is 14.2. The summed E-state index contributed by atoms with van der Waals surface area (Å²) in [6.07, 6.45) is 3.70. The molecule has 1 aliphatic rings. The Bertz CT molecular complexity index is 1520. The first kappa shape index (κ1) is 26.9. The van der Waals surface area contributed by atoms with Gasteiger partial charge in [0.25, 0.3) is 5.91 Å². The second-order valence-electron chi connectivity index (χ2n) is 9.09. The highest BCUT2D eigenvalue weighted by Gasteiger charge is 2.56. The number of nitrogens with two attached hydrogens (primary N) is 1. The minimum atomic E-state index is -1.08. The van der Waals surface area contributed by atoms with Gasteiger partial charge < -0.3 is 15.4 Å². The van der Waals surface area contributed by atoms with E-state index >= 15 is 0 Å². The van der Waals surface area contributed by atoms with Crippen LogP contribution >= 0.6 is 34.3 Å². The third kappa shape index (κ3) is 5.41. The van der Waals surface area contributed by atoms with Crippen molar-refractivity contribution in [1.82, 2.24) is 4.90 Å². The number of amides is 2. The Kier molecular flexibility index (Phi) is 7.97. The molecule has 5 rings (SSSR count). The summed E-state index contributed by atoms with van der Waals surface area (Å²) in [5, 5.41) is 1.80. The van der Waals surface area contributed by atoms with Crippen LogP contribution in [0.15, 0.2) is 90.3 Å². The highest BCUT2D eigenvalue weighted by molar-refractivity contribution is 7.18. The van der Waals surface area contributed by atoms with Gasteiger partial charge in [-0.05, 0) is 46.8 Å². The van der Waals surface area contributed by atoms with E-state index in [0.29, 0.717) is 25.4 Å². The van der Waals surface area contributed by atoms with Crippen molar-refractivity contribution in [3.8, 4) is 5.75 Å². The van der Waals surface area contributed by atoms with Gasteiger partial charge in [-0.3, -0.25) is 14.4 Å². The van der Waals surface area contributed by atoms with Crippen molar-refractivity contribution in [3.63, 3.8) is 0 Å². The van der Waals surface area contributed by atoms with Crippen molar-refractivity contribution >= 4 is 57.9 Å². The molecule has 0 spiro atoms. The Morgan fingerprint density at radius 1 is 0.974 bits per heavy atom. The average Bonchev–Trinajstić information content (AvgIpc) is 3.71. The highest BCUT2D eigenvalue weighted by atomic mass is 35.5. The number of likely N-dealkylation sites (tertiary alicyclic amines) is 1. The van der Waals surface area contributed by atoms with Gasteiger partial charge >= 0.3 is 0 Å². The molecule has 2 aromatic carbocycles. The van der Waals surface area contributed by atoms with E-state index in [0.717, 1.165) is 5.56 Å². The molecule has 0 bridgehead atoms. The highest BCUT2D eigenvalue weighted by Crippen LogP contribution is 2.47. The maximum Gasteiger partial charge on any atom is 0.265 e. The van der Waals surface area contributed by atoms with Crippen LogP contribution in [0.3, 0.4) is 0 Å². The number of benzene rings is 2. The molecule has 4 atom stereocenters. The molecule has 0 radical (unpaired) electrons. The van der Waals surface area contributed by atoms with Crippen molar-refractivity contribution in [2.24, 2.45) is 11.7 Å². The average molecular weight is 577 g/mol. The van der Waals surface area contributed by atoms with Gasteiger partial charge in [-0.2, -0.15) is 0 Å². The van der Waals surface area contributed by atoms with E-state index in [1.807, 2.05) is 48.6 Å². The molecule has 4 aromatic rings. The number of Topliss-reactive ketones (excluding diaryl/α,β-unsaturated/α-hetero) is 1. The molecular formula is C30H25ClN2O4S2. The SMILES string of the molecule is COc1cccc(C2C(C(=O)c3ccc(Cl)s3)C(C=Cc3ccccc3)N(C(=O)c3cccs3)C2C(N)=O)c1. The zero-order valence-corrected chi connectivity index (χ0v) is 23.3. The number of carbonyl (C=O) groups is 3. The lowest BCUT2D eigenvalue weighted by Gasteiger charge is -2.28. The molecule has 9 heteroatoms. The number of thiophene rings is 2. The summed E-state index contributed by atoms with van der Waals surface area (Å²) in [7, 11) is 1.55. The lowest BCUT2D eigenvalue weighted by atomic mass is 9.78. The Morgan fingerprint density at radius 2 is 1.77 bits per heavy atom. The van der Waals surface area contributed by atoms with Crippen LogP contribution in [0, 0.1) is 5.92 Å². The fourth-order valence-corrected chi connectivity index (χ4v) is 6.90. The Hall–Kier alpha value is -3.72. The van der Waals surface area contributed by atoms with E-state index in [2.05, 4.69) is 0 Å². The molecule has 0 aliphatic carbocycles. The minimum absolute atomic E-state index is 0.213. The zero-order valence-electron chi connectivity index (χ0n) is 20.9. The molecule has 2 N–H and O–H groups in total. The first-order valence-corrected chi connectivity index (χ1v) is 14.3. The predicted molar refractivity (Wildman–Crippen MR) is 156 cm³/mol. The van der Waals surface area contributed by atoms with Crippen LogP contribution < -0.4 is 10.5 Å². The van der Waals surface area contributed by atoms with E-state index in [-0.39, 0.29) is 11.7 Å². The number of halogens is 1. The number of rotatable bonds is 8. The topological polar surface area (TPSA) is 89.7 Å². The lowest BCUT2D eigenvalue weighted by Crippen LogP contribution is -2.48. The van der Waals surface area contributed by atoms with Crippen molar-refractivity contribution in [1.29, 1.82) is 0 Å². The predicted octanol–water partition coefficient (Wildman–Crippen LogP) is 6.15. The van der Waals surface area contributed by atoms with Gasteiger partial charge in [0.1, 0.15) is 11.8 Å². The first-order valence-electron chi connectivity index (χ1n) is 12.2. The standard InChI is InChI=1S/C30H25ClN2O4S2/c1-37-20-10-5-9-19(17-20)25-26(28(34)22-14-15-24(31)39-22)21(13-12-18-7-3-2-4-8-18)33(27(25)29(32)35)30(36)23-11-6-16-38-23/h2-17,21,25-27H,1H3,(H2,32,35). The van der Waals surface area contributed by atoms with Crippen molar-refractivity contribution in [2.75, 3.05) is 7.11 Å². The number of methoxy groups -OCH3 is 1. The maximum atomic E-state index is 14.2. The summed E-state index contributed by atoms with van der Waals surface area (Å²) in [6.45, 7) is 0. The third-order valence-corrected chi connectivity index (χ3v) is 8.96. The normalized spacial score (nSPS) is 20.8. The van der Waals surface area contributed by atoms with Gasteiger partial charge in [0.15, 0.2) is 5.78 Å². The number of ether oxygens (including phenoxy) is 1. The largest absolute Gasteiger partial charge is 0.497 e. The van der Waals surface area contributed by atoms with Crippen molar-refractivity contribution < 1.29 is 19.1 Å². The van der Waals surface area contributed by atoms with Gasteiger partial charge in [-0.1, -0.05) is 72.3 Å². The summed E-state index contributed by atoms with van der Waals surface area (Å²) in [6, 6.07) is 21.8. The molecule has 39 heavy (non-hydrogen) atoms. The van der Waals surface area contributed by atoms with Gasteiger partial charge in [0.2, 0.25) is 5.91 Å². The molecule has 0 saturated carbocycles. The number of primary amides is 1. The van der Waals surface area contributed by atoms with Crippen LogP contribution in [0.25, 0.3) is 6.08 Å². The van der Waals surface area contributed by atoms with E-state index in [1.165, 1.54) is 27.6 Å².